The predicted octanol–water partition coefficient (Wildman–Crippen LogP) is 5.46. The Morgan fingerprint density at radius 2 is 1.71 bits per heavy atom. The molecule has 4 atom stereocenters. The van der Waals surface area contributed by atoms with Crippen LogP contribution in [0.1, 0.15) is 51.7 Å². The number of cyclic esters (lactones) is 1. The summed E-state index contributed by atoms with van der Waals surface area (Å²) in [6.45, 7) is 9.91. The van der Waals surface area contributed by atoms with Gasteiger partial charge in [-0.2, -0.15) is 0 Å². The summed E-state index contributed by atoms with van der Waals surface area (Å²) in [7, 11) is 0. The molecule has 4 nitrogen and oxygen atoms in total. The van der Waals surface area contributed by atoms with Crippen LogP contribution in [-0.4, -0.2) is 28.7 Å². The number of nitrogens with two attached hydrogens (primary N) is 1. The first-order valence-corrected chi connectivity index (χ1v) is 11.1. The van der Waals surface area contributed by atoms with Crippen molar-refractivity contribution < 1.29 is 13.9 Å². The number of halogens is 3. The van der Waals surface area contributed by atoms with E-state index in [0.29, 0.717) is 10.6 Å². The Kier molecular flexibility index (Phi) is 5.21. The summed E-state index contributed by atoms with van der Waals surface area (Å²) in [6, 6.07) is 11.0. The third-order valence-electron chi connectivity index (χ3n) is 6.56. The van der Waals surface area contributed by atoms with E-state index in [1.807, 2.05) is 30.9 Å². The minimum atomic E-state index is -1.12. The first-order chi connectivity index (χ1) is 14.3. The van der Waals surface area contributed by atoms with Gasteiger partial charge in [0, 0.05) is 17.0 Å². The van der Waals surface area contributed by atoms with Crippen molar-refractivity contribution in [1.82, 2.24) is 4.90 Å². The fourth-order valence-corrected chi connectivity index (χ4v) is 5.94. The highest BCUT2D eigenvalue weighted by Gasteiger charge is 2.70. The molecule has 0 saturated carbocycles. The standard InChI is InChI=1S/C24H27Cl2FN2O2/c1-22(2,3)21-24(28,13-9-11-14(25)12-10-13)17(15-7-6-8-16(26)18(15)27)19-20(30)31-23(4,5)29(19)21/h6-12,17,19,21H,28H2,1-5H3/t17-,19+,21-,24-/m0/s1. The van der Waals surface area contributed by atoms with Crippen molar-refractivity contribution in [2.45, 2.75) is 63.9 Å². The Labute approximate surface area is 192 Å². The summed E-state index contributed by atoms with van der Waals surface area (Å²) in [6.07, 6.45) is 0. The molecule has 166 valence electrons. The fraction of sp³-hybridized carbons (Fsp3) is 0.458. The Hall–Kier alpha value is -1.66. The average molecular weight is 465 g/mol. The molecule has 2 N–H and O–H groups in total. The van der Waals surface area contributed by atoms with Gasteiger partial charge in [-0.05, 0) is 48.6 Å². The van der Waals surface area contributed by atoms with E-state index in [1.165, 1.54) is 6.07 Å². The van der Waals surface area contributed by atoms with E-state index in [-0.39, 0.29) is 16.5 Å². The van der Waals surface area contributed by atoms with Crippen LogP contribution in [0.2, 0.25) is 10.0 Å². The van der Waals surface area contributed by atoms with Crippen LogP contribution in [0.4, 0.5) is 4.39 Å². The molecule has 0 amide bonds. The van der Waals surface area contributed by atoms with Gasteiger partial charge in [-0.1, -0.05) is 68.2 Å². The molecule has 0 bridgehead atoms. The fourth-order valence-electron chi connectivity index (χ4n) is 5.64. The van der Waals surface area contributed by atoms with Crippen LogP contribution in [-0.2, 0) is 15.1 Å². The van der Waals surface area contributed by atoms with E-state index >= 15 is 4.39 Å². The summed E-state index contributed by atoms with van der Waals surface area (Å²) in [5, 5.41) is 0.565. The van der Waals surface area contributed by atoms with E-state index in [1.54, 1.807) is 24.3 Å². The van der Waals surface area contributed by atoms with Gasteiger partial charge in [-0.3, -0.25) is 4.79 Å². The number of carbonyl (C=O) groups excluding carboxylic acids is 1. The molecular weight excluding hydrogens is 438 g/mol. The van der Waals surface area contributed by atoms with E-state index in [9.17, 15) is 4.79 Å². The zero-order chi connectivity index (χ0) is 22.9. The normalized spacial score (nSPS) is 30.4. The molecule has 2 heterocycles. The quantitative estimate of drug-likeness (QED) is 0.599. The molecule has 0 unspecified atom stereocenters. The summed E-state index contributed by atoms with van der Waals surface area (Å²) in [5.41, 5.74) is 6.02. The topological polar surface area (TPSA) is 55.6 Å². The number of benzene rings is 2. The second-order valence-corrected chi connectivity index (χ2v) is 10.9. The van der Waals surface area contributed by atoms with Gasteiger partial charge in [0.2, 0.25) is 0 Å². The Morgan fingerprint density at radius 3 is 2.29 bits per heavy atom. The lowest BCUT2D eigenvalue weighted by molar-refractivity contribution is -0.154. The highest BCUT2D eigenvalue weighted by molar-refractivity contribution is 6.31. The van der Waals surface area contributed by atoms with Crippen LogP contribution in [0.15, 0.2) is 42.5 Å². The largest absolute Gasteiger partial charge is 0.443 e. The highest BCUT2D eigenvalue weighted by Crippen LogP contribution is 2.59. The summed E-state index contributed by atoms with van der Waals surface area (Å²) in [5.74, 6) is -1.69. The van der Waals surface area contributed by atoms with E-state index < -0.39 is 35.0 Å². The van der Waals surface area contributed by atoms with Gasteiger partial charge < -0.3 is 10.5 Å². The molecule has 0 aromatic heterocycles. The van der Waals surface area contributed by atoms with Crippen LogP contribution >= 0.6 is 23.2 Å². The number of hydrogen-bond acceptors (Lipinski definition) is 4. The van der Waals surface area contributed by atoms with E-state index in [2.05, 4.69) is 20.8 Å². The molecule has 4 rings (SSSR count). The second kappa shape index (κ2) is 7.17. The third-order valence-corrected chi connectivity index (χ3v) is 7.10. The lowest BCUT2D eigenvalue weighted by atomic mass is 9.65. The van der Waals surface area contributed by atoms with E-state index in [0.717, 1.165) is 5.56 Å². The van der Waals surface area contributed by atoms with Crippen molar-refractivity contribution in [3.05, 3.63) is 69.5 Å². The first kappa shape index (κ1) is 22.5. The molecule has 2 aliphatic heterocycles. The van der Waals surface area contributed by atoms with Gasteiger partial charge in [-0.15, -0.1) is 0 Å². The molecule has 0 radical (unpaired) electrons. The molecule has 2 fully saturated rings. The third kappa shape index (κ3) is 3.29. The molecule has 2 aromatic rings. The molecule has 7 heteroatoms. The summed E-state index contributed by atoms with van der Waals surface area (Å²) in [4.78, 5) is 15.2. The van der Waals surface area contributed by atoms with Crippen molar-refractivity contribution in [2.75, 3.05) is 0 Å². The maximum absolute atomic E-state index is 15.4. The number of rotatable bonds is 2. The minimum Gasteiger partial charge on any atom is -0.443 e. The number of ether oxygens (including phenoxy) is 1. The molecular formula is C24H27Cl2FN2O2. The van der Waals surface area contributed by atoms with Crippen molar-refractivity contribution >= 4 is 29.2 Å². The predicted molar refractivity (Wildman–Crippen MR) is 121 cm³/mol. The molecule has 2 aromatic carbocycles. The number of carbonyl (C=O) groups is 1. The molecule has 0 aliphatic carbocycles. The zero-order valence-electron chi connectivity index (χ0n) is 18.2. The Balaban J connectivity index is 2.07. The number of hydrogen-bond donors (Lipinski definition) is 1. The zero-order valence-corrected chi connectivity index (χ0v) is 19.8. The Morgan fingerprint density at radius 1 is 1.10 bits per heavy atom. The van der Waals surface area contributed by atoms with Crippen LogP contribution < -0.4 is 5.73 Å². The monoisotopic (exact) mass is 464 g/mol. The molecule has 2 aliphatic rings. The highest BCUT2D eigenvalue weighted by atomic mass is 35.5. The number of nitrogens with zero attached hydrogens (tertiary/aromatic N) is 1. The average Bonchev–Trinajstić information content (AvgIpc) is 3.07. The smallest absolute Gasteiger partial charge is 0.325 e. The van der Waals surface area contributed by atoms with Gasteiger partial charge in [0.1, 0.15) is 11.9 Å². The van der Waals surface area contributed by atoms with Crippen LogP contribution in [0.5, 0.6) is 0 Å². The van der Waals surface area contributed by atoms with Crippen molar-refractivity contribution in [3.63, 3.8) is 0 Å². The van der Waals surface area contributed by atoms with Crippen molar-refractivity contribution in [1.29, 1.82) is 0 Å². The van der Waals surface area contributed by atoms with Crippen molar-refractivity contribution in [2.24, 2.45) is 11.1 Å². The number of esters is 1. The SMILES string of the molecule is CC(C)(C)[C@@H]1N2[C@@H](C(=O)OC2(C)C)[C@H](c2cccc(Cl)c2F)[C@@]1(N)c1ccc(Cl)cc1. The minimum absolute atomic E-state index is 0.00709. The van der Waals surface area contributed by atoms with Gasteiger partial charge in [0.25, 0.3) is 0 Å². The van der Waals surface area contributed by atoms with Crippen LogP contribution in [0.3, 0.4) is 0 Å². The second-order valence-electron chi connectivity index (χ2n) is 10.0. The molecule has 2 saturated heterocycles. The molecule has 31 heavy (non-hydrogen) atoms. The van der Waals surface area contributed by atoms with Gasteiger partial charge in [-0.25, -0.2) is 9.29 Å². The van der Waals surface area contributed by atoms with Gasteiger partial charge in [0.15, 0.2) is 5.72 Å². The Bertz CT molecular complexity index is 1030. The number of fused-ring (bicyclic) bond motifs is 1. The summed E-state index contributed by atoms with van der Waals surface area (Å²) >= 11 is 12.3. The van der Waals surface area contributed by atoms with Gasteiger partial charge in [0.05, 0.1) is 10.6 Å². The lowest BCUT2D eigenvalue weighted by Crippen LogP contribution is -2.60. The summed E-state index contributed by atoms with van der Waals surface area (Å²) < 4.78 is 21.2. The molecule has 0 spiro atoms. The maximum Gasteiger partial charge on any atom is 0.325 e. The first-order valence-electron chi connectivity index (χ1n) is 10.3. The lowest BCUT2D eigenvalue weighted by Gasteiger charge is -2.48. The van der Waals surface area contributed by atoms with Crippen LogP contribution in [0, 0.1) is 11.2 Å². The van der Waals surface area contributed by atoms with Crippen LogP contribution in [0.25, 0.3) is 0 Å². The van der Waals surface area contributed by atoms with Gasteiger partial charge >= 0.3 is 5.97 Å². The van der Waals surface area contributed by atoms with E-state index in [4.69, 9.17) is 33.7 Å². The maximum atomic E-state index is 15.4. The van der Waals surface area contributed by atoms with Crippen molar-refractivity contribution in [3.8, 4) is 0 Å².